The van der Waals surface area contributed by atoms with E-state index in [-0.39, 0.29) is 27.1 Å². The Morgan fingerprint density at radius 1 is 1.15 bits per heavy atom. The van der Waals surface area contributed by atoms with Crippen LogP contribution in [0.4, 0.5) is 5.69 Å². The maximum Gasteiger partial charge on any atom is 0.261 e. The molecule has 2 rings (SSSR count). The molecule has 0 saturated heterocycles. The van der Waals surface area contributed by atoms with Gasteiger partial charge in [0, 0.05) is 20.3 Å². The zero-order valence-electron chi connectivity index (χ0n) is 14.6. The minimum Gasteiger partial charge on any atom is -0.385 e. The quantitative estimate of drug-likeness (QED) is 0.671. The number of anilines is 1. The lowest BCUT2D eigenvalue weighted by Crippen LogP contribution is -2.25. The lowest BCUT2D eigenvalue weighted by molar-refractivity contribution is 0.0949. The number of halogens is 1. The van der Waals surface area contributed by atoms with Gasteiger partial charge in [0.05, 0.1) is 21.2 Å². The predicted molar refractivity (Wildman–Crippen MR) is 102 cm³/mol. The molecule has 0 unspecified atom stereocenters. The van der Waals surface area contributed by atoms with Gasteiger partial charge in [-0.1, -0.05) is 29.3 Å². The monoisotopic (exact) mass is 396 g/mol. The van der Waals surface area contributed by atoms with Crippen LogP contribution in [0.2, 0.25) is 5.02 Å². The van der Waals surface area contributed by atoms with Crippen LogP contribution in [0.5, 0.6) is 0 Å². The molecule has 6 nitrogen and oxygen atoms in total. The van der Waals surface area contributed by atoms with E-state index in [0.29, 0.717) is 19.6 Å². The smallest absolute Gasteiger partial charge is 0.261 e. The highest BCUT2D eigenvalue weighted by Crippen LogP contribution is 2.23. The highest BCUT2D eigenvalue weighted by Gasteiger charge is 2.16. The first-order chi connectivity index (χ1) is 12.3. The second-order valence-corrected chi connectivity index (χ2v) is 7.81. The largest absolute Gasteiger partial charge is 0.385 e. The molecule has 26 heavy (non-hydrogen) atoms. The lowest BCUT2D eigenvalue weighted by atomic mass is 10.2. The van der Waals surface area contributed by atoms with Crippen molar-refractivity contribution in [3.63, 3.8) is 0 Å². The first kappa shape index (κ1) is 20.2. The van der Waals surface area contributed by atoms with Crippen LogP contribution in [0.3, 0.4) is 0 Å². The van der Waals surface area contributed by atoms with E-state index in [1.165, 1.54) is 30.3 Å². The molecule has 8 heteroatoms. The molecule has 2 aromatic carbocycles. The average Bonchev–Trinajstić information content (AvgIpc) is 2.58. The van der Waals surface area contributed by atoms with Crippen molar-refractivity contribution in [3.05, 3.63) is 58.6 Å². The van der Waals surface area contributed by atoms with Gasteiger partial charge in [0.15, 0.2) is 0 Å². The molecule has 0 fully saturated rings. The van der Waals surface area contributed by atoms with E-state index in [0.717, 1.165) is 5.56 Å². The van der Waals surface area contributed by atoms with E-state index in [1.807, 2.05) is 6.92 Å². The van der Waals surface area contributed by atoms with Gasteiger partial charge in [-0.25, -0.2) is 8.42 Å². The summed E-state index contributed by atoms with van der Waals surface area (Å²) in [6.45, 7) is 2.89. The second-order valence-electron chi connectivity index (χ2n) is 5.72. The molecule has 0 atom stereocenters. The molecular formula is C18H21ClN2O4S. The molecule has 2 N–H and O–H groups in total. The van der Waals surface area contributed by atoms with Gasteiger partial charge in [-0.05, 0) is 43.7 Å². The third-order valence-electron chi connectivity index (χ3n) is 3.61. The molecule has 140 valence electrons. The van der Waals surface area contributed by atoms with Crippen LogP contribution in [0.15, 0.2) is 47.4 Å². The van der Waals surface area contributed by atoms with Crippen molar-refractivity contribution in [3.8, 4) is 0 Å². The number of amides is 1. The molecule has 0 radical (unpaired) electrons. The second kappa shape index (κ2) is 9.02. The highest BCUT2D eigenvalue weighted by atomic mass is 35.5. The number of carbonyl (C=O) groups excluding carboxylic acids is 1. The molecule has 2 aromatic rings. The zero-order valence-corrected chi connectivity index (χ0v) is 16.2. The Morgan fingerprint density at radius 2 is 1.85 bits per heavy atom. The van der Waals surface area contributed by atoms with Gasteiger partial charge in [-0.2, -0.15) is 0 Å². The number of sulfonamides is 1. The Morgan fingerprint density at radius 3 is 2.46 bits per heavy atom. The van der Waals surface area contributed by atoms with Crippen molar-refractivity contribution in [2.24, 2.45) is 0 Å². The molecule has 0 heterocycles. The molecule has 0 aromatic heterocycles. The van der Waals surface area contributed by atoms with Crippen molar-refractivity contribution < 1.29 is 17.9 Å². The first-order valence-electron chi connectivity index (χ1n) is 7.99. The highest BCUT2D eigenvalue weighted by molar-refractivity contribution is 7.92. The van der Waals surface area contributed by atoms with Crippen molar-refractivity contribution in [2.75, 3.05) is 25.0 Å². The Kier molecular flexibility index (Phi) is 7.02. The lowest BCUT2D eigenvalue weighted by Gasteiger charge is -2.11. The molecular weight excluding hydrogens is 376 g/mol. The molecule has 0 bridgehead atoms. The number of benzene rings is 2. The van der Waals surface area contributed by atoms with Crippen molar-refractivity contribution >= 4 is 33.2 Å². The molecule has 0 aliphatic carbocycles. The van der Waals surface area contributed by atoms with Crippen molar-refractivity contribution in [1.29, 1.82) is 0 Å². The molecule has 0 aliphatic rings. The van der Waals surface area contributed by atoms with Gasteiger partial charge in [-0.3, -0.25) is 9.52 Å². The third-order valence-corrected chi connectivity index (χ3v) is 5.32. The average molecular weight is 397 g/mol. The number of hydrogen-bond acceptors (Lipinski definition) is 4. The standard InChI is InChI=1S/C18H21ClN2O4S/c1-13-4-7-15(8-5-13)26(23,24)21-14-6-9-16(17(19)12-14)18(22)20-10-3-11-25-2/h4-9,12,21H,3,10-11H2,1-2H3,(H,20,22). The summed E-state index contributed by atoms with van der Waals surface area (Å²) < 4.78 is 32.2. The fourth-order valence-corrected chi connectivity index (χ4v) is 3.52. The SMILES string of the molecule is COCCCNC(=O)c1ccc(NS(=O)(=O)c2ccc(C)cc2)cc1Cl. The Bertz CT molecular complexity index is 867. The maximum absolute atomic E-state index is 12.4. The van der Waals surface area contributed by atoms with Crippen LogP contribution < -0.4 is 10.0 Å². The Hall–Kier alpha value is -2.09. The molecule has 0 spiro atoms. The summed E-state index contributed by atoms with van der Waals surface area (Å²) in [5.41, 5.74) is 1.53. The van der Waals surface area contributed by atoms with E-state index >= 15 is 0 Å². The van der Waals surface area contributed by atoms with E-state index in [4.69, 9.17) is 16.3 Å². The van der Waals surface area contributed by atoms with Crippen molar-refractivity contribution in [2.45, 2.75) is 18.2 Å². The number of methoxy groups -OCH3 is 1. The van der Waals surface area contributed by atoms with E-state index in [9.17, 15) is 13.2 Å². The zero-order chi connectivity index (χ0) is 19.2. The van der Waals surface area contributed by atoms with Crippen LogP contribution in [0, 0.1) is 6.92 Å². The van der Waals surface area contributed by atoms with E-state index in [1.54, 1.807) is 19.2 Å². The fraction of sp³-hybridized carbons (Fsp3) is 0.278. The van der Waals surface area contributed by atoms with Crippen LogP contribution in [-0.2, 0) is 14.8 Å². The molecule has 0 aliphatic heterocycles. The minimum atomic E-state index is -3.72. The topological polar surface area (TPSA) is 84.5 Å². The Labute approximate surface area is 158 Å². The Balaban J connectivity index is 2.09. The molecule has 1 amide bonds. The number of rotatable bonds is 8. The van der Waals surface area contributed by atoms with Gasteiger partial charge in [0.2, 0.25) is 0 Å². The summed E-state index contributed by atoms with van der Waals surface area (Å²) in [5, 5.41) is 2.90. The van der Waals surface area contributed by atoms with Gasteiger partial charge in [0.1, 0.15) is 0 Å². The van der Waals surface area contributed by atoms with E-state index < -0.39 is 10.0 Å². The number of carbonyl (C=O) groups is 1. The van der Waals surface area contributed by atoms with Crippen molar-refractivity contribution in [1.82, 2.24) is 5.32 Å². The van der Waals surface area contributed by atoms with Gasteiger partial charge < -0.3 is 10.1 Å². The van der Waals surface area contributed by atoms with Crippen LogP contribution in [-0.4, -0.2) is 34.6 Å². The summed E-state index contributed by atoms with van der Waals surface area (Å²) in [5.74, 6) is -0.320. The van der Waals surface area contributed by atoms with Gasteiger partial charge in [0.25, 0.3) is 15.9 Å². The van der Waals surface area contributed by atoms with Crippen LogP contribution in [0.1, 0.15) is 22.3 Å². The summed E-state index contributed by atoms with van der Waals surface area (Å²) in [6, 6.07) is 10.9. The number of nitrogens with one attached hydrogen (secondary N) is 2. The summed E-state index contributed by atoms with van der Waals surface area (Å²) in [6.07, 6.45) is 0.689. The summed E-state index contributed by atoms with van der Waals surface area (Å²) >= 11 is 6.14. The number of aryl methyl sites for hydroxylation is 1. The summed E-state index contributed by atoms with van der Waals surface area (Å²) in [4.78, 5) is 12.3. The normalized spacial score (nSPS) is 11.2. The van der Waals surface area contributed by atoms with Crippen LogP contribution in [0.25, 0.3) is 0 Å². The molecule has 0 saturated carbocycles. The third kappa shape index (κ3) is 5.45. The van der Waals surface area contributed by atoms with Gasteiger partial charge in [-0.15, -0.1) is 0 Å². The van der Waals surface area contributed by atoms with E-state index in [2.05, 4.69) is 10.0 Å². The maximum atomic E-state index is 12.4. The van der Waals surface area contributed by atoms with Crippen LogP contribution >= 0.6 is 11.6 Å². The first-order valence-corrected chi connectivity index (χ1v) is 9.86. The predicted octanol–water partition coefficient (Wildman–Crippen LogP) is 3.22. The fourth-order valence-electron chi connectivity index (χ4n) is 2.21. The summed E-state index contributed by atoms with van der Waals surface area (Å²) in [7, 11) is -2.13. The van der Waals surface area contributed by atoms with Gasteiger partial charge >= 0.3 is 0 Å². The minimum absolute atomic E-state index is 0.152. The number of hydrogen-bond donors (Lipinski definition) is 2. The number of ether oxygens (including phenoxy) is 1.